The summed E-state index contributed by atoms with van der Waals surface area (Å²) >= 11 is 0. The molecule has 7 heteroatoms. The Morgan fingerprint density at radius 1 is 1.12 bits per heavy atom. The predicted octanol–water partition coefficient (Wildman–Crippen LogP) is 2.05. The largest absolute Gasteiger partial charge is 0.369 e. The van der Waals surface area contributed by atoms with Crippen molar-refractivity contribution in [3.8, 4) is 11.4 Å². The number of nitrogens with zero attached hydrogens (tertiary/aromatic N) is 5. The summed E-state index contributed by atoms with van der Waals surface area (Å²) in [7, 11) is 0. The molecule has 2 N–H and O–H groups in total. The fourth-order valence-corrected chi connectivity index (χ4v) is 3.17. The second kappa shape index (κ2) is 7.51. The second-order valence-corrected chi connectivity index (χ2v) is 6.32. The van der Waals surface area contributed by atoms with Gasteiger partial charge in [0.05, 0.1) is 17.7 Å². The van der Waals surface area contributed by atoms with Gasteiger partial charge in [0.25, 0.3) is 0 Å². The minimum atomic E-state index is -0.436. The van der Waals surface area contributed by atoms with E-state index in [0.717, 1.165) is 35.7 Å². The van der Waals surface area contributed by atoms with E-state index in [-0.39, 0.29) is 6.42 Å². The lowest BCUT2D eigenvalue weighted by molar-refractivity contribution is -0.117. The molecule has 2 heterocycles. The number of amides is 1. The Bertz CT molecular complexity index is 910. The van der Waals surface area contributed by atoms with Crippen LogP contribution in [0.5, 0.6) is 0 Å². The van der Waals surface area contributed by atoms with Gasteiger partial charge in [0.1, 0.15) is 0 Å². The maximum Gasteiger partial charge on any atom is 0.225 e. The van der Waals surface area contributed by atoms with E-state index < -0.39 is 5.91 Å². The van der Waals surface area contributed by atoms with E-state index in [2.05, 4.69) is 34.2 Å². The summed E-state index contributed by atoms with van der Waals surface area (Å²) in [6.07, 6.45) is 0.860. The number of carbonyl (C=O) groups is 1. The summed E-state index contributed by atoms with van der Waals surface area (Å²) in [5.74, 6) is 0.755. The molecule has 0 saturated carbocycles. The zero-order chi connectivity index (χ0) is 18.7. The van der Waals surface area contributed by atoms with Gasteiger partial charge in [-0.25, -0.2) is 9.67 Å². The SMILES string of the molecule is CCn1nc(C)c(-c2nc(CC(N)=O)nn2CCc2ccccc2)c1C. The van der Waals surface area contributed by atoms with Gasteiger partial charge in [-0.05, 0) is 32.8 Å². The molecule has 0 unspecified atom stereocenters. The molecule has 3 rings (SSSR count). The van der Waals surface area contributed by atoms with Gasteiger partial charge in [0.15, 0.2) is 11.6 Å². The summed E-state index contributed by atoms with van der Waals surface area (Å²) < 4.78 is 3.82. The van der Waals surface area contributed by atoms with Crippen LogP contribution in [0.2, 0.25) is 0 Å². The molecule has 3 aromatic rings. The number of aromatic nitrogens is 5. The minimum Gasteiger partial charge on any atom is -0.369 e. The Kier molecular flexibility index (Phi) is 5.16. The summed E-state index contributed by atoms with van der Waals surface area (Å²) in [5, 5.41) is 9.11. The first kappa shape index (κ1) is 17.8. The van der Waals surface area contributed by atoms with Crippen molar-refractivity contribution in [1.29, 1.82) is 0 Å². The van der Waals surface area contributed by atoms with Crippen LogP contribution in [0, 0.1) is 13.8 Å². The Morgan fingerprint density at radius 3 is 2.46 bits per heavy atom. The fraction of sp³-hybridized carbons (Fsp3) is 0.368. The average molecular weight is 352 g/mol. The Labute approximate surface area is 152 Å². The lowest BCUT2D eigenvalue weighted by Crippen LogP contribution is -2.15. The van der Waals surface area contributed by atoms with E-state index in [1.165, 1.54) is 5.56 Å². The molecule has 0 saturated heterocycles. The van der Waals surface area contributed by atoms with Crippen LogP contribution >= 0.6 is 0 Å². The molecule has 0 spiro atoms. The fourth-order valence-electron chi connectivity index (χ4n) is 3.17. The molecule has 7 nitrogen and oxygen atoms in total. The highest BCUT2D eigenvalue weighted by Gasteiger charge is 2.20. The zero-order valence-electron chi connectivity index (χ0n) is 15.4. The van der Waals surface area contributed by atoms with E-state index in [1.54, 1.807) is 0 Å². The summed E-state index contributed by atoms with van der Waals surface area (Å²) in [5.41, 5.74) is 9.48. The molecule has 26 heavy (non-hydrogen) atoms. The number of carbonyl (C=O) groups excluding carboxylic acids is 1. The van der Waals surface area contributed by atoms with Crippen molar-refractivity contribution < 1.29 is 4.79 Å². The number of hydrogen-bond donors (Lipinski definition) is 1. The standard InChI is InChI=1S/C19H24N6O/c1-4-24-14(3)18(13(2)22-24)19-21-17(12-16(20)26)23-25(19)11-10-15-8-6-5-7-9-15/h5-9H,4,10-12H2,1-3H3,(H2,20,26). The number of rotatable bonds is 7. The third-order valence-corrected chi connectivity index (χ3v) is 4.41. The maximum atomic E-state index is 11.3. The molecule has 136 valence electrons. The first-order valence-electron chi connectivity index (χ1n) is 8.80. The molecule has 0 aliphatic heterocycles. The van der Waals surface area contributed by atoms with Crippen molar-refractivity contribution in [2.75, 3.05) is 0 Å². The van der Waals surface area contributed by atoms with Crippen molar-refractivity contribution in [3.05, 3.63) is 53.1 Å². The van der Waals surface area contributed by atoms with Crippen molar-refractivity contribution in [1.82, 2.24) is 24.5 Å². The summed E-state index contributed by atoms with van der Waals surface area (Å²) in [6, 6.07) is 10.2. The van der Waals surface area contributed by atoms with Crippen molar-refractivity contribution >= 4 is 5.91 Å². The van der Waals surface area contributed by atoms with Crippen LogP contribution in [0.15, 0.2) is 30.3 Å². The van der Waals surface area contributed by atoms with Crippen molar-refractivity contribution in [2.24, 2.45) is 5.73 Å². The van der Waals surface area contributed by atoms with Gasteiger partial charge in [0, 0.05) is 18.8 Å². The van der Waals surface area contributed by atoms with E-state index in [4.69, 9.17) is 5.73 Å². The molecule has 1 amide bonds. The van der Waals surface area contributed by atoms with Gasteiger partial charge in [-0.15, -0.1) is 0 Å². The van der Waals surface area contributed by atoms with Gasteiger partial charge in [-0.2, -0.15) is 10.2 Å². The lowest BCUT2D eigenvalue weighted by Gasteiger charge is -2.07. The first-order valence-corrected chi connectivity index (χ1v) is 8.80. The van der Waals surface area contributed by atoms with E-state index >= 15 is 0 Å². The normalized spacial score (nSPS) is 11.0. The number of aryl methyl sites for hydroxylation is 4. The average Bonchev–Trinajstić information content (AvgIpc) is 3.12. The molecule has 1 aromatic carbocycles. The highest BCUT2D eigenvalue weighted by molar-refractivity contribution is 5.76. The number of benzene rings is 1. The second-order valence-electron chi connectivity index (χ2n) is 6.32. The highest BCUT2D eigenvalue weighted by atomic mass is 16.1. The van der Waals surface area contributed by atoms with Gasteiger partial charge in [-0.3, -0.25) is 9.48 Å². The molecule has 0 bridgehead atoms. The Balaban J connectivity index is 1.98. The summed E-state index contributed by atoms with van der Waals surface area (Å²) in [4.78, 5) is 15.9. The van der Waals surface area contributed by atoms with Gasteiger partial charge >= 0.3 is 0 Å². The molecule has 2 aromatic heterocycles. The minimum absolute atomic E-state index is 0.0331. The molecule has 0 aliphatic rings. The molecule has 0 aliphatic carbocycles. The van der Waals surface area contributed by atoms with Crippen LogP contribution in [0.3, 0.4) is 0 Å². The van der Waals surface area contributed by atoms with Crippen molar-refractivity contribution in [3.63, 3.8) is 0 Å². The Morgan fingerprint density at radius 2 is 1.85 bits per heavy atom. The smallest absolute Gasteiger partial charge is 0.225 e. The molecular weight excluding hydrogens is 328 g/mol. The van der Waals surface area contributed by atoms with Crippen molar-refractivity contribution in [2.45, 2.75) is 46.7 Å². The highest BCUT2D eigenvalue weighted by Crippen LogP contribution is 2.26. The third-order valence-electron chi connectivity index (χ3n) is 4.41. The maximum absolute atomic E-state index is 11.3. The summed E-state index contributed by atoms with van der Waals surface area (Å²) in [6.45, 7) is 7.52. The molecule has 0 radical (unpaired) electrons. The first-order chi connectivity index (χ1) is 12.5. The van der Waals surface area contributed by atoms with Crippen LogP contribution in [-0.4, -0.2) is 30.5 Å². The van der Waals surface area contributed by atoms with Gasteiger partial charge < -0.3 is 5.73 Å². The van der Waals surface area contributed by atoms with Crippen LogP contribution in [0.4, 0.5) is 0 Å². The molecular formula is C19H24N6O. The van der Waals surface area contributed by atoms with Crippen LogP contribution in [0.1, 0.15) is 29.7 Å². The topological polar surface area (TPSA) is 91.6 Å². The molecule has 0 fully saturated rings. The molecule has 0 atom stereocenters. The van der Waals surface area contributed by atoms with Crippen LogP contribution in [0.25, 0.3) is 11.4 Å². The number of nitrogens with two attached hydrogens (primary N) is 1. The van der Waals surface area contributed by atoms with E-state index in [1.807, 2.05) is 41.4 Å². The van der Waals surface area contributed by atoms with Gasteiger partial charge in [-0.1, -0.05) is 30.3 Å². The van der Waals surface area contributed by atoms with E-state index in [9.17, 15) is 4.79 Å². The lowest BCUT2D eigenvalue weighted by atomic mass is 10.1. The van der Waals surface area contributed by atoms with E-state index in [0.29, 0.717) is 12.4 Å². The van der Waals surface area contributed by atoms with Crippen LogP contribution < -0.4 is 5.73 Å². The van der Waals surface area contributed by atoms with Gasteiger partial charge in [0.2, 0.25) is 5.91 Å². The number of primary amides is 1. The third kappa shape index (κ3) is 3.66. The monoisotopic (exact) mass is 352 g/mol. The quantitative estimate of drug-likeness (QED) is 0.704. The number of hydrogen-bond acceptors (Lipinski definition) is 4. The van der Waals surface area contributed by atoms with Crippen LogP contribution in [-0.2, 0) is 30.7 Å². The zero-order valence-corrected chi connectivity index (χ0v) is 15.4. The Hall–Kier alpha value is -2.96. The predicted molar refractivity (Wildman–Crippen MR) is 99.4 cm³/mol.